The Labute approximate surface area is 97.1 Å². The molecule has 1 nitrogen and oxygen atoms in total. The smallest absolute Gasteiger partial charge is 0.387 e. The number of benzene rings is 1. The lowest BCUT2D eigenvalue weighted by atomic mass is 10.3. The summed E-state index contributed by atoms with van der Waals surface area (Å²) >= 11 is 13.3. The van der Waals surface area contributed by atoms with Gasteiger partial charge < -0.3 is 4.74 Å². The van der Waals surface area contributed by atoms with Gasteiger partial charge in [-0.05, 0) is 22.6 Å². The Morgan fingerprint density at radius 2 is 1.69 bits per heavy atom. The molecule has 1 aromatic rings. The molecule has 0 bridgehead atoms. The summed E-state index contributed by atoms with van der Waals surface area (Å²) in [5, 5.41) is 0.590. The molecule has 0 heterocycles. The van der Waals surface area contributed by atoms with E-state index in [0.717, 1.165) is 0 Å². The first-order chi connectivity index (χ1) is 6.00. The van der Waals surface area contributed by atoms with Crippen molar-refractivity contribution in [3.05, 3.63) is 25.7 Å². The lowest BCUT2D eigenvalue weighted by Crippen LogP contribution is -2.01. The summed E-state index contributed by atoms with van der Waals surface area (Å²) in [6.45, 7) is -2.87. The van der Waals surface area contributed by atoms with Crippen LogP contribution in [0.5, 0.6) is 5.75 Å². The van der Waals surface area contributed by atoms with E-state index in [2.05, 4.69) is 4.74 Å². The average Bonchev–Trinajstić information content (AvgIpc) is 1.98. The fourth-order valence-corrected chi connectivity index (χ4v) is 1.48. The van der Waals surface area contributed by atoms with Gasteiger partial charge in [-0.25, -0.2) is 0 Å². The second-order valence-corrected chi connectivity index (χ2v) is 3.97. The van der Waals surface area contributed by atoms with Crippen LogP contribution in [-0.4, -0.2) is 6.61 Å². The summed E-state index contributed by atoms with van der Waals surface area (Å²) < 4.78 is 28.3. The van der Waals surface area contributed by atoms with Crippen LogP contribution in [0.4, 0.5) is 8.78 Å². The second-order valence-electron chi connectivity index (χ2n) is 2.08. The summed E-state index contributed by atoms with van der Waals surface area (Å²) in [5.74, 6) is -0.0367. The summed E-state index contributed by atoms with van der Waals surface area (Å²) in [7, 11) is 0. The predicted molar refractivity (Wildman–Crippen MR) is 55.8 cm³/mol. The first-order valence-electron chi connectivity index (χ1n) is 3.10. The molecule has 0 aliphatic carbocycles. The van der Waals surface area contributed by atoms with Crippen molar-refractivity contribution in [2.75, 3.05) is 0 Å². The number of ether oxygens (including phenoxy) is 1. The van der Waals surface area contributed by atoms with Gasteiger partial charge in [-0.2, -0.15) is 8.78 Å². The fraction of sp³-hybridized carbons (Fsp3) is 0.143. The van der Waals surface area contributed by atoms with Gasteiger partial charge >= 0.3 is 6.61 Å². The van der Waals surface area contributed by atoms with Crippen molar-refractivity contribution in [1.82, 2.24) is 0 Å². The molecule has 13 heavy (non-hydrogen) atoms. The standard InChI is InChI=1S/C7H3Cl2F2IO/c8-4-1-3(13-7(10)11)2-5(9)6(4)12/h1-2,7H. The Morgan fingerprint density at radius 3 is 2.08 bits per heavy atom. The van der Waals surface area contributed by atoms with Gasteiger partial charge in [0.1, 0.15) is 5.75 Å². The molecule has 0 N–H and O–H groups in total. The largest absolute Gasteiger partial charge is 0.435 e. The van der Waals surface area contributed by atoms with E-state index in [9.17, 15) is 8.78 Å². The molecule has 0 saturated heterocycles. The van der Waals surface area contributed by atoms with Gasteiger partial charge in [-0.1, -0.05) is 23.2 Å². The summed E-state index contributed by atoms with van der Waals surface area (Å²) in [4.78, 5) is 0. The van der Waals surface area contributed by atoms with Gasteiger partial charge in [0.25, 0.3) is 0 Å². The van der Waals surface area contributed by atoms with Crippen molar-refractivity contribution in [2.45, 2.75) is 6.61 Å². The molecular formula is C7H3Cl2F2IO. The highest BCUT2D eigenvalue weighted by Crippen LogP contribution is 2.31. The molecule has 1 aromatic carbocycles. The van der Waals surface area contributed by atoms with E-state index in [1.807, 2.05) is 22.6 Å². The van der Waals surface area contributed by atoms with Crippen molar-refractivity contribution in [3.63, 3.8) is 0 Å². The van der Waals surface area contributed by atoms with Gasteiger partial charge in [0, 0.05) is 12.1 Å². The summed E-state index contributed by atoms with van der Waals surface area (Å²) in [6.07, 6.45) is 0. The van der Waals surface area contributed by atoms with Crippen molar-refractivity contribution in [1.29, 1.82) is 0 Å². The topological polar surface area (TPSA) is 9.23 Å². The minimum absolute atomic E-state index is 0.0367. The Balaban J connectivity index is 2.99. The van der Waals surface area contributed by atoms with E-state index in [0.29, 0.717) is 13.6 Å². The lowest BCUT2D eigenvalue weighted by Gasteiger charge is -2.06. The molecule has 0 aromatic heterocycles. The third-order valence-electron chi connectivity index (χ3n) is 1.18. The van der Waals surface area contributed by atoms with E-state index in [1.54, 1.807) is 0 Å². The molecule has 6 heteroatoms. The van der Waals surface area contributed by atoms with E-state index in [-0.39, 0.29) is 5.75 Å². The van der Waals surface area contributed by atoms with Crippen LogP contribution in [0.3, 0.4) is 0 Å². The van der Waals surface area contributed by atoms with Crippen LogP contribution in [0, 0.1) is 3.57 Å². The van der Waals surface area contributed by atoms with Gasteiger partial charge in [-0.3, -0.25) is 0 Å². The molecule has 0 unspecified atom stereocenters. The maximum atomic E-state index is 11.8. The van der Waals surface area contributed by atoms with E-state index < -0.39 is 6.61 Å². The number of hydrogen-bond donors (Lipinski definition) is 0. The number of rotatable bonds is 2. The van der Waals surface area contributed by atoms with Crippen molar-refractivity contribution in [3.8, 4) is 5.75 Å². The molecule has 0 amide bonds. The van der Waals surface area contributed by atoms with Crippen molar-refractivity contribution in [2.24, 2.45) is 0 Å². The molecule has 0 aliphatic rings. The number of halogens is 5. The third-order valence-corrected chi connectivity index (χ3v) is 3.58. The Bertz CT molecular complexity index is 296. The Hall–Kier alpha value is 0.190. The molecule has 0 atom stereocenters. The highest BCUT2D eigenvalue weighted by Gasteiger charge is 2.09. The SMILES string of the molecule is FC(F)Oc1cc(Cl)c(I)c(Cl)c1. The van der Waals surface area contributed by atoms with Crippen LogP contribution >= 0.6 is 45.8 Å². The third kappa shape index (κ3) is 3.11. The quantitative estimate of drug-likeness (QED) is 0.580. The van der Waals surface area contributed by atoms with Crippen LogP contribution < -0.4 is 4.74 Å². The zero-order chi connectivity index (χ0) is 10.0. The monoisotopic (exact) mass is 338 g/mol. The second kappa shape index (κ2) is 4.61. The minimum Gasteiger partial charge on any atom is -0.435 e. The number of alkyl halides is 2. The molecule has 0 saturated carbocycles. The zero-order valence-electron chi connectivity index (χ0n) is 6.03. The van der Waals surface area contributed by atoms with Crippen molar-refractivity contribution >= 4 is 45.8 Å². The molecule has 72 valence electrons. The maximum Gasteiger partial charge on any atom is 0.387 e. The molecule has 0 aliphatic heterocycles. The highest BCUT2D eigenvalue weighted by molar-refractivity contribution is 14.1. The van der Waals surface area contributed by atoms with E-state index in [1.165, 1.54) is 12.1 Å². The van der Waals surface area contributed by atoms with Gasteiger partial charge in [0.05, 0.1) is 13.6 Å². The summed E-state index contributed by atoms with van der Waals surface area (Å²) in [6, 6.07) is 2.59. The first kappa shape index (κ1) is 11.3. The average molecular weight is 339 g/mol. The molecule has 1 rings (SSSR count). The Kier molecular flexibility index (Phi) is 4.00. The van der Waals surface area contributed by atoms with E-state index in [4.69, 9.17) is 23.2 Å². The molecule has 0 radical (unpaired) electrons. The first-order valence-corrected chi connectivity index (χ1v) is 4.93. The molecule has 0 spiro atoms. The highest BCUT2D eigenvalue weighted by atomic mass is 127. The van der Waals surface area contributed by atoms with Crippen LogP contribution in [0.25, 0.3) is 0 Å². The normalized spacial score (nSPS) is 10.6. The lowest BCUT2D eigenvalue weighted by molar-refractivity contribution is -0.0498. The fourth-order valence-electron chi connectivity index (χ4n) is 0.703. The molecule has 0 fully saturated rings. The van der Waals surface area contributed by atoms with Gasteiger partial charge in [-0.15, -0.1) is 0 Å². The number of hydrogen-bond acceptors (Lipinski definition) is 1. The summed E-state index contributed by atoms with van der Waals surface area (Å²) in [5.41, 5.74) is 0. The van der Waals surface area contributed by atoms with Gasteiger partial charge in [0.2, 0.25) is 0 Å². The maximum absolute atomic E-state index is 11.8. The predicted octanol–water partition coefficient (Wildman–Crippen LogP) is 4.20. The van der Waals surface area contributed by atoms with E-state index >= 15 is 0 Å². The van der Waals surface area contributed by atoms with Crippen LogP contribution in [0.1, 0.15) is 0 Å². The Morgan fingerprint density at radius 1 is 1.23 bits per heavy atom. The van der Waals surface area contributed by atoms with Crippen LogP contribution in [0.2, 0.25) is 10.0 Å². The van der Waals surface area contributed by atoms with Crippen LogP contribution in [-0.2, 0) is 0 Å². The minimum atomic E-state index is -2.87. The molecular weight excluding hydrogens is 336 g/mol. The van der Waals surface area contributed by atoms with Crippen molar-refractivity contribution < 1.29 is 13.5 Å². The zero-order valence-corrected chi connectivity index (χ0v) is 9.70. The van der Waals surface area contributed by atoms with Gasteiger partial charge in [0.15, 0.2) is 0 Å². The van der Waals surface area contributed by atoms with Crippen LogP contribution in [0.15, 0.2) is 12.1 Å².